The Balaban J connectivity index is 1.47. The average Bonchev–Trinajstić information content (AvgIpc) is 3.13. The van der Waals surface area contributed by atoms with E-state index in [1.54, 1.807) is 24.3 Å². The summed E-state index contributed by atoms with van der Waals surface area (Å²) in [5.74, 6) is 0.133. The molecule has 0 spiro atoms. The number of hydrogen-bond donors (Lipinski definition) is 3. The van der Waals surface area contributed by atoms with E-state index in [4.69, 9.17) is 9.31 Å². The minimum absolute atomic E-state index is 0.0196. The first-order valence-electron chi connectivity index (χ1n) is 12.6. The molecule has 1 saturated heterocycles. The maximum absolute atomic E-state index is 13.3. The molecular formula is C26H39BN2O5. The number of carbonyl (C=O) groups excluding carboxylic acids is 2. The van der Waals surface area contributed by atoms with E-state index in [0.29, 0.717) is 29.7 Å². The molecule has 8 heteroatoms. The summed E-state index contributed by atoms with van der Waals surface area (Å²) >= 11 is 0. The molecule has 1 aliphatic heterocycles. The van der Waals surface area contributed by atoms with Crippen molar-refractivity contribution in [2.45, 2.75) is 90.6 Å². The molecule has 2 bridgehead atoms. The number of nitrogens with one attached hydrogen (secondary N) is 2. The third kappa shape index (κ3) is 4.52. The van der Waals surface area contributed by atoms with Gasteiger partial charge in [-0.15, -0.1) is 0 Å². The second-order valence-electron chi connectivity index (χ2n) is 11.6. The molecule has 1 aromatic carbocycles. The zero-order chi connectivity index (χ0) is 24.8. The summed E-state index contributed by atoms with van der Waals surface area (Å²) in [6.07, 6.45) is 1.75. The van der Waals surface area contributed by atoms with Crippen LogP contribution in [0.1, 0.15) is 71.2 Å². The molecule has 3 saturated carbocycles. The lowest BCUT2D eigenvalue weighted by atomic mass is 9.43. The predicted molar refractivity (Wildman–Crippen MR) is 131 cm³/mol. The smallest absolute Gasteiger partial charge is 0.404 e. The summed E-state index contributed by atoms with van der Waals surface area (Å²) in [6, 6.07) is 7.58. The van der Waals surface area contributed by atoms with Crippen LogP contribution >= 0.6 is 0 Å². The van der Waals surface area contributed by atoms with Gasteiger partial charge in [0.25, 0.3) is 5.91 Å². The van der Waals surface area contributed by atoms with Gasteiger partial charge < -0.3 is 25.0 Å². The van der Waals surface area contributed by atoms with Crippen LogP contribution in [0.4, 0.5) is 0 Å². The fourth-order valence-corrected chi connectivity index (χ4v) is 6.31. The third-order valence-corrected chi connectivity index (χ3v) is 8.44. The average molecular weight is 470 g/mol. The number of aliphatic hydroxyl groups excluding tert-OH is 1. The number of amides is 2. The molecular weight excluding hydrogens is 431 g/mol. The molecule has 3 N–H and O–H groups in total. The Bertz CT molecular complexity index is 908. The van der Waals surface area contributed by atoms with Crippen molar-refractivity contribution in [3.8, 4) is 0 Å². The molecule has 0 unspecified atom stereocenters. The summed E-state index contributed by atoms with van der Waals surface area (Å²) in [4.78, 5) is 25.9. The van der Waals surface area contributed by atoms with Crippen LogP contribution in [0, 0.1) is 23.2 Å². The Morgan fingerprint density at radius 1 is 1.12 bits per heavy atom. The molecule has 34 heavy (non-hydrogen) atoms. The van der Waals surface area contributed by atoms with Crippen molar-refractivity contribution in [2.24, 2.45) is 23.2 Å². The summed E-state index contributed by atoms with van der Waals surface area (Å²) in [5.41, 5.74) is 0.300. The van der Waals surface area contributed by atoms with E-state index < -0.39 is 31.1 Å². The maximum Gasteiger partial charge on any atom is 0.481 e. The second kappa shape index (κ2) is 9.28. The first-order valence-corrected chi connectivity index (χ1v) is 12.6. The SMILES string of the molecule is CC(C)C[C@H](NC(=O)[C@@H](NC(=O)c1ccccc1)[C@@H](C)O)B1O[C@@H]2C[C@@H]3C[C@@H](C3(C)C)[C@]2(C)O1. The number of benzene rings is 1. The number of aliphatic hydroxyl groups is 1. The van der Waals surface area contributed by atoms with Crippen LogP contribution in [0.2, 0.25) is 0 Å². The Morgan fingerprint density at radius 2 is 1.79 bits per heavy atom. The van der Waals surface area contributed by atoms with Crippen molar-refractivity contribution in [3.63, 3.8) is 0 Å². The molecule has 0 aromatic heterocycles. The quantitative estimate of drug-likeness (QED) is 0.508. The standard InChI is InChI=1S/C26H39BN2O5/c1-15(2)12-21(27-33-20-14-18-13-19(25(18,4)5)26(20,6)34-27)28-24(32)22(16(3)30)29-23(31)17-10-8-7-9-11-17/h7-11,15-16,18-22,30H,12-14H2,1-6H3,(H,28,32)(H,29,31)/t16-,18+,19+,20-,21+,22+,26+/m1/s1. The summed E-state index contributed by atoms with van der Waals surface area (Å²) < 4.78 is 13.0. The predicted octanol–water partition coefficient (Wildman–Crippen LogP) is 2.96. The van der Waals surface area contributed by atoms with Gasteiger partial charge >= 0.3 is 7.12 Å². The van der Waals surface area contributed by atoms with Crippen molar-refractivity contribution in [1.29, 1.82) is 0 Å². The van der Waals surface area contributed by atoms with Crippen molar-refractivity contribution in [1.82, 2.24) is 10.6 Å². The van der Waals surface area contributed by atoms with Crippen molar-refractivity contribution < 1.29 is 24.0 Å². The highest BCUT2D eigenvalue weighted by Gasteiger charge is 2.68. The lowest BCUT2D eigenvalue weighted by molar-refractivity contribution is -0.199. The van der Waals surface area contributed by atoms with Crippen LogP contribution in [-0.2, 0) is 14.1 Å². The summed E-state index contributed by atoms with van der Waals surface area (Å²) in [7, 11) is -0.559. The van der Waals surface area contributed by atoms with Gasteiger partial charge in [0.2, 0.25) is 5.91 Å². The van der Waals surface area contributed by atoms with Crippen LogP contribution in [-0.4, -0.2) is 53.8 Å². The zero-order valence-corrected chi connectivity index (χ0v) is 21.2. The lowest BCUT2D eigenvalue weighted by Crippen LogP contribution is -2.65. The van der Waals surface area contributed by atoms with Gasteiger partial charge in [-0.3, -0.25) is 9.59 Å². The van der Waals surface area contributed by atoms with E-state index in [1.165, 1.54) is 6.92 Å². The minimum Gasteiger partial charge on any atom is -0.404 e. The number of carbonyl (C=O) groups is 2. The number of rotatable bonds is 8. The molecule has 3 aliphatic carbocycles. The van der Waals surface area contributed by atoms with E-state index in [9.17, 15) is 14.7 Å². The Morgan fingerprint density at radius 3 is 2.38 bits per heavy atom. The lowest BCUT2D eigenvalue weighted by Gasteiger charge is -2.64. The largest absolute Gasteiger partial charge is 0.481 e. The Labute approximate surface area is 203 Å². The van der Waals surface area contributed by atoms with Crippen molar-refractivity contribution >= 4 is 18.9 Å². The van der Waals surface area contributed by atoms with Gasteiger partial charge in [-0.05, 0) is 68.4 Å². The Kier molecular flexibility index (Phi) is 6.88. The molecule has 1 heterocycles. The topological polar surface area (TPSA) is 96.9 Å². The molecule has 7 atom stereocenters. The van der Waals surface area contributed by atoms with E-state index in [-0.39, 0.29) is 23.1 Å². The minimum atomic E-state index is -1.09. The van der Waals surface area contributed by atoms with Gasteiger partial charge in [0.15, 0.2) is 0 Å². The molecule has 7 nitrogen and oxygen atoms in total. The normalized spacial score (nSPS) is 31.8. The van der Waals surface area contributed by atoms with Crippen LogP contribution in [0.5, 0.6) is 0 Å². The van der Waals surface area contributed by atoms with Crippen LogP contribution < -0.4 is 10.6 Å². The molecule has 4 fully saturated rings. The molecule has 4 aliphatic rings. The van der Waals surface area contributed by atoms with Crippen LogP contribution in [0.15, 0.2) is 30.3 Å². The van der Waals surface area contributed by atoms with Crippen molar-refractivity contribution in [3.05, 3.63) is 35.9 Å². The second-order valence-corrected chi connectivity index (χ2v) is 11.6. The summed E-state index contributed by atoms with van der Waals surface area (Å²) in [5, 5.41) is 16.0. The molecule has 1 aromatic rings. The van der Waals surface area contributed by atoms with Gasteiger partial charge in [-0.2, -0.15) is 0 Å². The monoisotopic (exact) mass is 470 g/mol. The van der Waals surface area contributed by atoms with Crippen LogP contribution in [0.25, 0.3) is 0 Å². The van der Waals surface area contributed by atoms with E-state index in [0.717, 1.165) is 12.8 Å². The number of hydrogen-bond acceptors (Lipinski definition) is 5. The molecule has 2 amide bonds. The highest BCUT2D eigenvalue weighted by molar-refractivity contribution is 6.48. The summed E-state index contributed by atoms with van der Waals surface area (Å²) in [6.45, 7) is 12.5. The fourth-order valence-electron chi connectivity index (χ4n) is 6.31. The first kappa shape index (κ1) is 25.2. The van der Waals surface area contributed by atoms with Gasteiger partial charge in [0.1, 0.15) is 6.04 Å². The highest BCUT2D eigenvalue weighted by Crippen LogP contribution is 2.65. The zero-order valence-electron chi connectivity index (χ0n) is 21.2. The van der Waals surface area contributed by atoms with E-state index >= 15 is 0 Å². The van der Waals surface area contributed by atoms with Gasteiger partial charge in [-0.1, -0.05) is 45.9 Å². The highest BCUT2D eigenvalue weighted by atomic mass is 16.7. The third-order valence-electron chi connectivity index (χ3n) is 8.44. The molecule has 5 rings (SSSR count). The van der Waals surface area contributed by atoms with Gasteiger partial charge in [-0.25, -0.2) is 0 Å². The van der Waals surface area contributed by atoms with Gasteiger partial charge in [0, 0.05) is 5.56 Å². The van der Waals surface area contributed by atoms with E-state index in [2.05, 4.69) is 45.3 Å². The maximum atomic E-state index is 13.3. The Hall–Kier alpha value is -1.90. The van der Waals surface area contributed by atoms with E-state index in [1.807, 2.05) is 6.07 Å². The fraction of sp³-hybridized carbons (Fsp3) is 0.692. The molecule has 0 radical (unpaired) electrons. The van der Waals surface area contributed by atoms with Crippen molar-refractivity contribution in [2.75, 3.05) is 0 Å². The van der Waals surface area contributed by atoms with Crippen LogP contribution in [0.3, 0.4) is 0 Å². The first-order chi connectivity index (χ1) is 15.9. The molecule has 186 valence electrons. The van der Waals surface area contributed by atoms with Gasteiger partial charge in [0.05, 0.1) is 23.8 Å².